The number of likely N-dealkylation sites (N-methyl/N-ethyl adjacent to an activating group) is 1. The number of Topliss-reactive ketones (excluding diaryl/α,β-unsaturated/α-hetero) is 1. The molecule has 0 spiro atoms. The van der Waals surface area contributed by atoms with Crippen LogP contribution in [-0.4, -0.2) is 97.2 Å². The molecule has 13 heteroatoms. The Balaban J connectivity index is 1.03. The van der Waals surface area contributed by atoms with Crippen LogP contribution in [0.5, 0.6) is 0 Å². The van der Waals surface area contributed by atoms with Gasteiger partial charge in [0.05, 0.1) is 30.9 Å². The summed E-state index contributed by atoms with van der Waals surface area (Å²) in [7, 11) is 1.36. The Morgan fingerprint density at radius 1 is 0.877 bits per heavy atom. The number of ketones is 1. The van der Waals surface area contributed by atoms with E-state index in [-0.39, 0.29) is 85.8 Å². The quantitative estimate of drug-likeness (QED) is 0.0947. The molecule has 4 rings (SSSR count). The van der Waals surface area contributed by atoms with Crippen LogP contribution in [0.25, 0.3) is 0 Å². The van der Waals surface area contributed by atoms with E-state index in [1.807, 2.05) is 24.3 Å². The molecular formula is C44H59N3O10. The van der Waals surface area contributed by atoms with Gasteiger partial charge in [-0.25, -0.2) is 0 Å². The monoisotopic (exact) mass is 789 g/mol. The summed E-state index contributed by atoms with van der Waals surface area (Å²) >= 11 is 0. The largest absolute Gasteiger partial charge is 0.461 e. The lowest BCUT2D eigenvalue weighted by Gasteiger charge is -2.32. The van der Waals surface area contributed by atoms with Crippen LogP contribution in [0.1, 0.15) is 117 Å². The summed E-state index contributed by atoms with van der Waals surface area (Å²) in [5.74, 6) is -1.65. The fraction of sp³-hybridized carbons (Fsp3) is 0.568. The first-order chi connectivity index (χ1) is 27.1. The molecule has 2 aliphatic rings. The lowest BCUT2D eigenvalue weighted by Crippen LogP contribution is -2.54. The number of hydrogen-bond acceptors (Lipinski definition) is 10. The van der Waals surface area contributed by atoms with Crippen LogP contribution in [0.2, 0.25) is 0 Å². The number of carbonyl (C=O) groups is 7. The Kier molecular flexibility index (Phi) is 16.7. The molecule has 310 valence electrons. The number of nitrogens with one attached hydrogen (secondary N) is 1. The average molecular weight is 790 g/mol. The predicted octanol–water partition coefficient (Wildman–Crippen LogP) is 5.25. The van der Waals surface area contributed by atoms with Gasteiger partial charge in [0.25, 0.3) is 17.7 Å². The van der Waals surface area contributed by atoms with Gasteiger partial charge in [0.1, 0.15) is 18.4 Å². The van der Waals surface area contributed by atoms with Gasteiger partial charge in [-0.15, -0.1) is 0 Å². The van der Waals surface area contributed by atoms with Crippen molar-refractivity contribution < 1.29 is 47.8 Å². The first-order valence-electron chi connectivity index (χ1n) is 20.0. The molecule has 0 aromatic heterocycles. The maximum atomic E-state index is 13.3. The molecule has 0 saturated carbocycles. The number of esters is 1. The number of likely N-dealkylation sites (tertiary alicyclic amines) is 1. The zero-order chi connectivity index (χ0) is 41.7. The highest BCUT2D eigenvalue weighted by molar-refractivity contribution is 6.24. The van der Waals surface area contributed by atoms with Crippen molar-refractivity contribution in [2.24, 2.45) is 17.3 Å². The number of benzene rings is 2. The van der Waals surface area contributed by atoms with E-state index in [0.29, 0.717) is 62.7 Å². The van der Waals surface area contributed by atoms with Gasteiger partial charge in [-0.3, -0.25) is 43.4 Å². The minimum Gasteiger partial charge on any atom is -0.461 e. The lowest BCUT2D eigenvalue weighted by molar-refractivity contribution is -0.150. The summed E-state index contributed by atoms with van der Waals surface area (Å²) in [6.07, 6.45) is 3.06. The van der Waals surface area contributed by atoms with Crippen molar-refractivity contribution in [1.82, 2.24) is 15.1 Å². The standard InChI is InChI=1S/C44H59N3O10/c1-29(2)25-33(44(3,4)5)27-39(51)57-28-31-14-12-30(13-15-31)26-34(48)16-18-37(49)45-20-22-56-24-23-55-21-8-10-32-9-7-11-35-40(32)43(54)47(41(35)52)36-17-19-38(50)46(6)42(36)53/h7,9,11-15,29,33,36H,8,10,16-28H2,1-6H3,(H,45,49). The molecule has 1 N–H and O–H groups in total. The van der Waals surface area contributed by atoms with Crippen LogP contribution in [0, 0.1) is 17.3 Å². The number of rotatable bonds is 22. The van der Waals surface area contributed by atoms with Crippen LogP contribution < -0.4 is 5.32 Å². The van der Waals surface area contributed by atoms with Crippen LogP contribution >= 0.6 is 0 Å². The summed E-state index contributed by atoms with van der Waals surface area (Å²) in [4.78, 5) is 90.4. The number of piperidine rings is 1. The molecule has 0 bridgehead atoms. The van der Waals surface area contributed by atoms with Crippen molar-refractivity contribution in [1.29, 1.82) is 0 Å². The van der Waals surface area contributed by atoms with E-state index in [4.69, 9.17) is 14.2 Å². The van der Waals surface area contributed by atoms with E-state index in [0.717, 1.165) is 27.3 Å². The molecule has 13 nitrogen and oxygen atoms in total. The van der Waals surface area contributed by atoms with Gasteiger partial charge in [0, 0.05) is 52.3 Å². The number of ether oxygens (including phenoxy) is 3. The molecule has 1 saturated heterocycles. The van der Waals surface area contributed by atoms with E-state index in [1.54, 1.807) is 18.2 Å². The summed E-state index contributed by atoms with van der Waals surface area (Å²) in [5.41, 5.74) is 2.97. The number of aryl methyl sites for hydroxylation is 1. The van der Waals surface area contributed by atoms with E-state index in [9.17, 15) is 33.6 Å². The summed E-state index contributed by atoms with van der Waals surface area (Å²) < 4.78 is 16.8. The fourth-order valence-corrected chi connectivity index (χ4v) is 7.10. The fourth-order valence-electron chi connectivity index (χ4n) is 7.10. The molecule has 2 heterocycles. The molecule has 2 unspecified atom stereocenters. The maximum absolute atomic E-state index is 13.3. The van der Waals surface area contributed by atoms with E-state index in [2.05, 4.69) is 39.9 Å². The Hall–Kier alpha value is -4.75. The molecule has 2 aromatic rings. The molecule has 0 radical (unpaired) electrons. The van der Waals surface area contributed by atoms with Crippen molar-refractivity contribution in [3.05, 3.63) is 70.3 Å². The van der Waals surface area contributed by atoms with Gasteiger partial charge in [-0.05, 0) is 65.7 Å². The zero-order valence-corrected chi connectivity index (χ0v) is 34.4. The minimum atomic E-state index is -0.992. The molecule has 5 amide bonds. The summed E-state index contributed by atoms with van der Waals surface area (Å²) in [5, 5.41) is 2.76. The normalized spacial score (nSPS) is 16.3. The predicted molar refractivity (Wildman–Crippen MR) is 212 cm³/mol. The van der Waals surface area contributed by atoms with Gasteiger partial charge in [0.2, 0.25) is 11.8 Å². The molecule has 0 aliphatic carbocycles. The van der Waals surface area contributed by atoms with Crippen molar-refractivity contribution >= 4 is 41.3 Å². The Morgan fingerprint density at radius 3 is 2.25 bits per heavy atom. The highest BCUT2D eigenvalue weighted by Gasteiger charge is 2.46. The number of hydrogen-bond donors (Lipinski definition) is 1. The Bertz CT molecular complexity index is 1760. The molecule has 2 aliphatic heterocycles. The van der Waals surface area contributed by atoms with Gasteiger partial charge in [-0.1, -0.05) is 71.0 Å². The third kappa shape index (κ3) is 13.1. The average Bonchev–Trinajstić information content (AvgIpc) is 3.41. The SMILES string of the molecule is CC(C)CC(CC(=O)OCc1ccc(CC(=O)CCC(=O)NCCOCCOCCCc2cccc3c2C(=O)N(C2CCC(=O)N(C)C2=O)C3=O)cc1)C(C)(C)C. The van der Waals surface area contributed by atoms with Crippen molar-refractivity contribution in [2.75, 3.05) is 40.0 Å². The van der Waals surface area contributed by atoms with E-state index < -0.39 is 23.8 Å². The third-order valence-corrected chi connectivity index (χ3v) is 10.5. The minimum absolute atomic E-state index is 0.0192. The molecular weight excluding hydrogens is 730 g/mol. The molecule has 2 aromatic carbocycles. The van der Waals surface area contributed by atoms with Crippen LogP contribution in [0.15, 0.2) is 42.5 Å². The van der Waals surface area contributed by atoms with Gasteiger partial charge in [-0.2, -0.15) is 0 Å². The number of nitrogens with zero attached hydrogens (tertiary/aromatic N) is 2. The highest BCUT2D eigenvalue weighted by atomic mass is 16.5. The van der Waals surface area contributed by atoms with Gasteiger partial charge >= 0.3 is 5.97 Å². The number of imide groups is 2. The maximum Gasteiger partial charge on any atom is 0.306 e. The smallest absolute Gasteiger partial charge is 0.306 e. The zero-order valence-electron chi connectivity index (χ0n) is 34.4. The van der Waals surface area contributed by atoms with Crippen LogP contribution in [0.3, 0.4) is 0 Å². The van der Waals surface area contributed by atoms with E-state index >= 15 is 0 Å². The Labute approximate surface area is 336 Å². The van der Waals surface area contributed by atoms with Crippen molar-refractivity contribution in [3.8, 4) is 0 Å². The molecule has 57 heavy (non-hydrogen) atoms. The van der Waals surface area contributed by atoms with Crippen LogP contribution in [-0.2, 0) is 57.6 Å². The summed E-state index contributed by atoms with van der Waals surface area (Å²) in [6.45, 7) is 12.6. The summed E-state index contributed by atoms with van der Waals surface area (Å²) in [6, 6.07) is 11.5. The number of amides is 5. The first kappa shape index (κ1) is 45.0. The highest BCUT2D eigenvalue weighted by Crippen LogP contribution is 2.34. The topological polar surface area (TPSA) is 166 Å². The number of fused-ring (bicyclic) bond motifs is 1. The van der Waals surface area contributed by atoms with Crippen molar-refractivity contribution in [2.45, 2.75) is 105 Å². The second-order valence-corrected chi connectivity index (χ2v) is 16.4. The second kappa shape index (κ2) is 21.1. The molecule has 1 fully saturated rings. The first-order valence-corrected chi connectivity index (χ1v) is 20.0. The Morgan fingerprint density at radius 2 is 1.56 bits per heavy atom. The van der Waals surface area contributed by atoms with Crippen LogP contribution in [0.4, 0.5) is 0 Å². The lowest BCUT2D eigenvalue weighted by atomic mass is 9.74. The van der Waals surface area contributed by atoms with Crippen molar-refractivity contribution in [3.63, 3.8) is 0 Å². The second-order valence-electron chi connectivity index (χ2n) is 16.4. The van der Waals surface area contributed by atoms with E-state index in [1.165, 1.54) is 7.05 Å². The van der Waals surface area contributed by atoms with Gasteiger partial charge in [0.15, 0.2) is 0 Å². The molecule has 2 atom stereocenters. The number of carbonyl (C=O) groups excluding carboxylic acids is 7. The third-order valence-electron chi connectivity index (χ3n) is 10.5. The van der Waals surface area contributed by atoms with Gasteiger partial charge < -0.3 is 19.5 Å².